The second-order valence-electron chi connectivity index (χ2n) is 12.3. The molecular weight excluding hydrogens is 549 g/mol. The Morgan fingerprint density at radius 1 is 0.833 bits per heavy atom. The lowest BCUT2D eigenvalue weighted by Gasteiger charge is -2.45. The summed E-state index contributed by atoms with van der Waals surface area (Å²) < 4.78 is 68.5. The van der Waals surface area contributed by atoms with E-state index in [0.717, 1.165) is 19.3 Å². The molecule has 2 unspecified atom stereocenters. The van der Waals surface area contributed by atoms with Crippen LogP contribution in [0, 0.1) is 0 Å². The zero-order valence-electron chi connectivity index (χ0n) is 26.9. The molecule has 6 nitrogen and oxygen atoms in total. The van der Waals surface area contributed by atoms with Gasteiger partial charge in [0.25, 0.3) is 5.79 Å². The van der Waals surface area contributed by atoms with Crippen LogP contribution in [0.25, 0.3) is 0 Å². The lowest BCUT2D eigenvalue weighted by atomic mass is 10.0. The molecule has 0 aromatic rings. The van der Waals surface area contributed by atoms with E-state index < -0.39 is 43.0 Å². The van der Waals surface area contributed by atoms with Crippen molar-refractivity contribution >= 4 is 5.97 Å². The van der Waals surface area contributed by atoms with Crippen molar-refractivity contribution in [2.24, 2.45) is 0 Å². The first-order valence-electron chi connectivity index (χ1n) is 16.4. The predicted octanol–water partition coefficient (Wildman–Crippen LogP) is 9.94. The maximum Gasteiger partial charge on any atom is 0.443 e. The lowest BCUT2D eigenvalue weighted by Crippen LogP contribution is -2.60. The molecule has 9 heteroatoms. The smallest absolute Gasteiger partial charge is 0.443 e. The van der Waals surface area contributed by atoms with Crippen LogP contribution in [-0.2, 0) is 28.5 Å². The molecule has 1 aliphatic rings. The summed E-state index contributed by atoms with van der Waals surface area (Å²) in [4.78, 5) is 11.9. The molecule has 1 fully saturated rings. The fourth-order valence-corrected chi connectivity index (χ4v) is 4.98. The summed E-state index contributed by atoms with van der Waals surface area (Å²) in [6.07, 6.45) is 16.1. The van der Waals surface area contributed by atoms with Gasteiger partial charge < -0.3 is 23.7 Å². The molecular formula is C33H59F3O6. The standard InChI is InChI=1S/C33H59F3O6/c1-6-7-8-9-10-11-12-13-14-15-16-17-18-19-20-21-22-23-25-38-27-40-32(33(34,35)36)24-26-39-30(42-32)31(4,5)41-29(37)28(2)3/h30H,2,6-27H2,1,3-5H3. The van der Waals surface area contributed by atoms with E-state index in [1.165, 1.54) is 117 Å². The van der Waals surface area contributed by atoms with Crippen molar-refractivity contribution < 1.29 is 41.7 Å². The summed E-state index contributed by atoms with van der Waals surface area (Å²) in [6, 6.07) is 0. The molecule has 0 aliphatic carbocycles. The van der Waals surface area contributed by atoms with Crippen LogP contribution in [0.2, 0.25) is 0 Å². The number of hydrogen-bond donors (Lipinski definition) is 0. The van der Waals surface area contributed by atoms with Gasteiger partial charge in [0.1, 0.15) is 0 Å². The molecule has 1 rings (SSSR count). The van der Waals surface area contributed by atoms with Crippen LogP contribution in [0.3, 0.4) is 0 Å². The third-order valence-corrected chi connectivity index (χ3v) is 7.72. The number of rotatable bonds is 25. The summed E-state index contributed by atoms with van der Waals surface area (Å²) in [5.41, 5.74) is -1.38. The summed E-state index contributed by atoms with van der Waals surface area (Å²) in [7, 11) is 0. The molecule has 1 aliphatic heterocycles. The van der Waals surface area contributed by atoms with Crippen molar-refractivity contribution in [1.82, 2.24) is 0 Å². The van der Waals surface area contributed by atoms with Gasteiger partial charge in [-0.25, -0.2) is 4.79 Å². The molecule has 0 amide bonds. The van der Waals surface area contributed by atoms with E-state index in [4.69, 9.17) is 23.7 Å². The largest absolute Gasteiger partial charge is 0.451 e. The third kappa shape index (κ3) is 16.1. The highest BCUT2D eigenvalue weighted by atomic mass is 19.4. The Labute approximate surface area is 253 Å². The van der Waals surface area contributed by atoms with Crippen molar-refractivity contribution in [3.63, 3.8) is 0 Å². The SMILES string of the molecule is C=C(C)C(=O)OC(C)(C)C1OCCC(OCOCCCCCCCCCCCCCCCCCCCC)(C(F)(F)F)O1. The zero-order valence-corrected chi connectivity index (χ0v) is 26.9. The highest BCUT2D eigenvalue weighted by Gasteiger charge is 2.62. The topological polar surface area (TPSA) is 63.2 Å². The van der Waals surface area contributed by atoms with E-state index in [1.807, 2.05) is 0 Å². The van der Waals surface area contributed by atoms with Gasteiger partial charge in [-0.15, -0.1) is 0 Å². The summed E-state index contributed by atoms with van der Waals surface area (Å²) in [5, 5.41) is 0. The number of carbonyl (C=O) groups excluding carboxylic acids is 1. The summed E-state index contributed by atoms with van der Waals surface area (Å²) >= 11 is 0. The lowest BCUT2D eigenvalue weighted by molar-refractivity contribution is -0.460. The van der Waals surface area contributed by atoms with Crippen LogP contribution < -0.4 is 0 Å². The average Bonchev–Trinajstić information content (AvgIpc) is 2.93. The quantitative estimate of drug-likeness (QED) is 0.0445. The summed E-state index contributed by atoms with van der Waals surface area (Å²) in [6.45, 7) is 9.51. The number of carbonyl (C=O) groups is 1. The minimum Gasteiger partial charge on any atom is -0.451 e. The van der Waals surface area contributed by atoms with Crippen LogP contribution in [0.15, 0.2) is 12.2 Å². The van der Waals surface area contributed by atoms with Crippen molar-refractivity contribution in [3.8, 4) is 0 Å². The highest BCUT2D eigenvalue weighted by Crippen LogP contribution is 2.43. The summed E-state index contributed by atoms with van der Waals surface area (Å²) in [5.74, 6) is -3.65. The van der Waals surface area contributed by atoms with Gasteiger partial charge in [0.2, 0.25) is 6.29 Å². The minimum atomic E-state index is -4.83. The number of hydrogen-bond acceptors (Lipinski definition) is 6. The van der Waals surface area contributed by atoms with E-state index in [0.29, 0.717) is 6.61 Å². The first-order chi connectivity index (χ1) is 20.0. The second kappa shape index (κ2) is 21.5. The third-order valence-electron chi connectivity index (χ3n) is 7.72. The van der Waals surface area contributed by atoms with Gasteiger partial charge in [-0.3, -0.25) is 0 Å². The first-order valence-corrected chi connectivity index (χ1v) is 16.4. The molecule has 0 saturated carbocycles. The monoisotopic (exact) mass is 608 g/mol. The minimum absolute atomic E-state index is 0.116. The van der Waals surface area contributed by atoms with Crippen LogP contribution >= 0.6 is 0 Å². The van der Waals surface area contributed by atoms with E-state index in [1.54, 1.807) is 0 Å². The van der Waals surface area contributed by atoms with Crippen molar-refractivity contribution in [3.05, 3.63) is 12.2 Å². The molecule has 248 valence electrons. The number of alkyl halides is 3. The van der Waals surface area contributed by atoms with Crippen LogP contribution in [-0.4, -0.2) is 49.8 Å². The van der Waals surface area contributed by atoms with Gasteiger partial charge in [0.05, 0.1) is 6.61 Å². The van der Waals surface area contributed by atoms with E-state index in [2.05, 4.69) is 13.5 Å². The zero-order chi connectivity index (χ0) is 31.3. The Kier molecular flexibility index (Phi) is 19.9. The van der Waals surface area contributed by atoms with E-state index in [-0.39, 0.29) is 12.2 Å². The van der Waals surface area contributed by atoms with Gasteiger partial charge in [0, 0.05) is 18.6 Å². The number of unbranched alkanes of at least 4 members (excludes halogenated alkanes) is 17. The van der Waals surface area contributed by atoms with Crippen molar-refractivity contribution in [2.75, 3.05) is 20.0 Å². The van der Waals surface area contributed by atoms with Crippen molar-refractivity contribution in [1.29, 1.82) is 0 Å². The highest BCUT2D eigenvalue weighted by molar-refractivity contribution is 5.87. The normalized spacial score (nSPS) is 19.6. The van der Waals surface area contributed by atoms with Gasteiger partial charge in [-0.2, -0.15) is 13.2 Å². The van der Waals surface area contributed by atoms with Gasteiger partial charge in [0.15, 0.2) is 12.4 Å². The van der Waals surface area contributed by atoms with E-state index >= 15 is 0 Å². The Morgan fingerprint density at radius 2 is 1.29 bits per heavy atom. The van der Waals surface area contributed by atoms with Crippen LogP contribution in [0.5, 0.6) is 0 Å². The molecule has 0 aromatic heterocycles. The van der Waals surface area contributed by atoms with Gasteiger partial charge >= 0.3 is 12.1 Å². The molecule has 0 aromatic carbocycles. The number of esters is 1. The van der Waals surface area contributed by atoms with Crippen molar-refractivity contribution in [2.45, 2.75) is 174 Å². The Balaban J connectivity index is 2.12. The average molecular weight is 609 g/mol. The maximum atomic E-state index is 14.0. The fraction of sp³-hybridized carbons (Fsp3) is 0.909. The molecule has 1 saturated heterocycles. The molecule has 42 heavy (non-hydrogen) atoms. The molecule has 1 heterocycles. The van der Waals surface area contributed by atoms with Gasteiger partial charge in [-0.1, -0.05) is 123 Å². The predicted molar refractivity (Wildman–Crippen MR) is 160 cm³/mol. The molecule has 2 atom stereocenters. The molecule has 0 radical (unpaired) electrons. The maximum absolute atomic E-state index is 14.0. The number of halogens is 3. The van der Waals surface area contributed by atoms with Gasteiger partial charge in [-0.05, 0) is 27.2 Å². The van der Waals surface area contributed by atoms with Crippen LogP contribution in [0.4, 0.5) is 13.2 Å². The molecule has 0 spiro atoms. The van der Waals surface area contributed by atoms with E-state index in [9.17, 15) is 18.0 Å². The Morgan fingerprint density at radius 3 is 1.71 bits per heavy atom. The first kappa shape index (κ1) is 38.9. The van der Waals surface area contributed by atoms with Crippen LogP contribution in [0.1, 0.15) is 150 Å². The fourth-order valence-electron chi connectivity index (χ4n) is 4.98. The molecule has 0 N–H and O–H groups in total. The second-order valence-corrected chi connectivity index (χ2v) is 12.3. The molecule has 0 bridgehead atoms. The number of ether oxygens (including phenoxy) is 5. The Hall–Kier alpha value is -1.16. The Bertz CT molecular complexity index is 727.